The summed E-state index contributed by atoms with van der Waals surface area (Å²) < 4.78 is 16.6. The van der Waals surface area contributed by atoms with Crippen molar-refractivity contribution in [1.82, 2.24) is 0 Å². The Labute approximate surface area is 417 Å². The lowest BCUT2D eigenvalue weighted by molar-refractivity contribution is -0.161. The summed E-state index contributed by atoms with van der Waals surface area (Å²) in [4.78, 5) is 75.8. The standard InChI is InChI=1S/C57H96O12/c1-4-7-10-13-16-19-22-25-28-31-34-37-49(52(58)59)55(64)67-43-46-40-47(44-68-56(65)50(53(60)61)38-35-32-29-26-23-20-17-14-11-8-5-2)42-48(41-46)45-69-57(66)51(54(62)63)39-36-33-30-27-24-21-18-15-12-9-6-3/h40-42,49-51H,4-39,43-45H2,1-3H3,(H,58,59)(H,60,61)(H,62,63). The number of hydrogen-bond donors (Lipinski definition) is 3. The Balaban J connectivity index is 2.91. The topological polar surface area (TPSA) is 191 Å². The van der Waals surface area contributed by atoms with E-state index >= 15 is 0 Å². The molecule has 0 radical (unpaired) electrons. The van der Waals surface area contributed by atoms with E-state index in [9.17, 15) is 44.1 Å². The summed E-state index contributed by atoms with van der Waals surface area (Å²) in [6.45, 7) is 5.65. The van der Waals surface area contributed by atoms with Gasteiger partial charge in [-0.05, 0) is 54.2 Å². The minimum absolute atomic E-state index is 0.149. The molecular formula is C57H96O12. The average Bonchev–Trinajstić information content (AvgIpc) is 3.32. The van der Waals surface area contributed by atoms with Crippen molar-refractivity contribution >= 4 is 35.8 Å². The molecule has 3 N–H and O–H groups in total. The van der Waals surface area contributed by atoms with Crippen molar-refractivity contribution in [2.24, 2.45) is 17.8 Å². The first-order chi connectivity index (χ1) is 33.4. The SMILES string of the molecule is CCCCCCCCCCCCCC(C(=O)O)C(=O)OCc1cc(COC(=O)C(CCCCCCCCCCCCC)C(=O)O)cc(COC(=O)C(CCCCCCCCCCCCC)C(=O)O)c1. The molecule has 12 heteroatoms. The van der Waals surface area contributed by atoms with E-state index in [1.54, 1.807) is 18.2 Å². The van der Waals surface area contributed by atoms with E-state index in [0.717, 1.165) is 77.0 Å². The van der Waals surface area contributed by atoms with Crippen LogP contribution in [0.2, 0.25) is 0 Å². The summed E-state index contributed by atoms with van der Waals surface area (Å²) in [5.41, 5.74) is 1.19. The number of benzene rings is 1. The van der Waals surface area contributed by atoms with Crippen LogP contribution in [0.25, 0.3) is 0 Å². The molecule has 0 bridgehead atoms. The van der Waals surface area contributed by atoms with Gasteiger partial charge in [-0.2, -0.15) is 0 Å². The Kier molecular flexibility index (Phi) is 39.2. The molecule has 0 heterocycles. The van der Waals surface area contributed by atoms with Gasteiger partial charge in [0.05, 0.1) is 0 Å². The predicted octanol–water partition coefficient (Wildman–Crippen LogP) is 15.0. The highest BCUT2D eigenvalue weighted by Crippen LogP contribution is 2.22. The monoisotopic (exact) mass is 973 g/mol. The smallest absolute Gasteiger partial charge is 0.320 e. The van der Waals surface area contributed by atoms with Crippen molar-refractivity contribution in [3.05, 3.63) is 34.9 Å². The van der Waals surface area contributed by atoms with Crippen LogP contribution in [-0.4, -0.2) is 51.1 Å². The molecule has 0 amide bonds. The van der Waals surface area contributed by atoms with E-state index in [1.807, 2.05) is 0 Å². The van der Waals surface area contributed by atoms with Crippen molar-refractivity contribution in [1.29, 1.82) is 0 Å². The van der Waals surface area contributed by atoms with Crippen LogP contribution in [0.15, 0.2) is 18.2 Å². The van der Waals surface area contributed by atoms with Crippen LogP contribution in [-0.2, 0) is 62.8 Å². The van der Waals surface area contributed by atoms with Gasteiger partial charge in [-0.15, -0.1) is 0 Å². The number of esters is 3. The molecule has 0 saturated carbocycles. The second kappa shape index (κ2) is 42.9. The van der Waals surface area contributed by atoms with Crippen LogP contribution < -0.4 is 0 Å². The molecule has 0 aliphatic carbocycles. The van der Waals surface area contributed by atoms with Gasteiger partial charge in [0.25, 0.3) is 0 Å². The van der Waals surface area contributed by atoms with Gasteiger partial charge >= 0.3 is 35.8 Å². The molecule has 0 spiro atoms. The molecule has 69 heavy (non-hydrogen) atoms. The van der Waals surface area contributed by atoms with E-state index in [1.165, 1.54) is 116 Å². The van der Waals surface area contributed by atoms with Crippen molar-refractivity contribution in [3.63, 3.8) is 0 Å². The Morgan fingerprint density at radius 1 is 0.319 bits per heavy atom. The number of unbranched alkanes of at least 4 members (excludes halogenated alkanes) is 30. The van der Waals surface area contributed by atoms with Crippen molar-refractivity contribution in [2.45, 2.75) is 272 Å². The van der Waals surface area contributed by atoms with Gasteiger partial charge in [-0.3, -0.25) is 28.8 Å². The highest BCUT2D eigenvalue weighted by Gasteiger charge is 2.30. The lowest BCUT2D eigenvalue weighted by Gasteiger charge is -2.16. The van der Waals surface area contributed by atoms with Crippen LogP contribution in [0.3, 0.4) is 0 Å². The first kappa shape index (κ1) is 63.1. The number of rotatable bonds is 48. The third-order valence-electron chi connectivity index (χ3n) is 13.3. The summed E-state index contributed by atoms with van der Waals surface area (Å²) in [7, 11) is 0. The van der Waals surface area contributed by atoms with Crippen molar-refractivity contribution in [3.8, 4) is 0 Å². The van der Waals surface area contributed by atoms with Crippen LogP contribution in [0, 0.1) is 17.8 Å². The molecule has 396 valence electrons. The Morgan fingerprint density at radius 3 is 0.667 bits per heavy atom. The normalized spacial score (nSPS) is 12.6. The number of carbonyl (C=O) groups is 6. The largest absolute Gasteiger partial charge is 0.481 e. The van der Waals surface area contributed by atoms with Crippen molar-refractivity contribution in [2.75, 3.05) is 0 Å². The minimum Gasteiger partial charge on any atom is -0.481 e. The molecule has 0 fully saturated rings. The van der Waals surface area contributed by atoms with Gasteiger partial charge in [0, 0.05) is 0 Å². The molecule has 0 aliphatic rings. The first-order valence-corrected chi connectivity index (χ1v) is 27.7. The Morgan fingerprint density at radius 2 is 0.493 bits per heavy atom. The molecule has 0 aliphatic heterocycles. The fourth-order valence-electron chi connectivity index (χ4n) is 8.92. The van der Waals surface area contributed by atoms with E-state index in [0.29, 0.717) is 36.0 Å². The number of carboxylic acid groups (broad SMARTS) is 3. The van der Waals surface area contributed by atoms with E-state index in [4.69, 9.17) is 14.2 Å². The van der Waals surface area contributed by atoms with Gasteiger partial charge in [-0.1, -0.05) is 233 Å². The number of carboxylic acids is 3. The van der Waals surface area contributed by atoms with Gasteiger partial charge in [-0.25, -0.2) is 0 Å². The molecule has 3 unspecified atom stereocenters. The molecule has 12 nitrogen and oxygen atoms in total. The maximum Gasteiger partial charge on any atom is 0.320 e. The van der Waals surface area contributed by atoms with Gasteiger partial charge in [0.15, 0.2) is 17.8 Å². The van der Waals surface area contributed by atoms with Gasteiger partial charge < -0.3 is 29.5 Å². The molecule has 3 atom stereocenters. The fraction of sp³-hybridized carbons (Fsp3) is 0.789. The lowest BCUT2D eigenvalue weighted by atomic mass is 9.99. The van der Waals surface area contributed by atoms with Crippen LogP contribution in [0.4, 0.5) is 0 Å². The van der Waals surface area contributed by atoms with Crippen LogP contribution >= 0.6 is 0 Å². The fourth-order valence-corrected chi connectivity index (χ4v) is 8.92. The molecule has 1 aromatic carbocycles. The Bertz CT molecular complexity index is 1340. The summed E-state index contributed by atoms with van der Waals surface area (Å²) in [5.74, 6) is -10.4. The highest BCUT2D eigenvalue weighted by molar-refractivity contribution is 5.95. The van der Waals surface area contributed by atoms with Crippen LogP contribution in [0.1, 0.15) is 269 Å². The number of ether oxygens (including phenoxy) is 3. The maximum absolute atomic E-state index is 13.1. The van der Waals surface area contributed by atoms with Gasteiger partial charge in [0.2, 0.25) is 0 Å². The minimum atomic E-state index is -1.34. The number of carbonyl (C=O) groups excluding carboxylic acids is 3. The predicted molar refractivity (Wildman–Crippen MR) is 272 cm³/mol. The summed E-state index contributed by atoms with van der Waals surface area (Å²) in [6.07, 6.45) is 36.7. The third kappa shape index (κ3) is 33.3. The average molecular weight is 973 g/mol. The summed E-state index contributed by atoms with van der Waals surface area (Å²) in [5, 5.41) is 29.7. The number of aliphatic carboxylic acids is 3. The van der Waals surface area contributed by atoms with Crippen LogP contribution in [0.5, 0.6) is 0 Å². The molecule has 0 saturated heterocycles. The van der Waals surface area contributed by atoms with E-state index in [2.05, 4.69) is 20.8 Å². The zero-order valence-corrected chi connectivity index (χ0v) is 43.6. The van der Waals surface area contributed by atoms with E-state index < -0.39 is 53.6 Å². The molecule has 1 rings (SSSR count). The van der Waals surface area contributed by atoms with E-state index in [-0.39, 0.29) is 39.1 Å². The second-order valence-corrected chi connectivity index (χ2v) is 19.6. The zero-order valence-electron chi connectivity index (χ0n) is 43.6. The summed E-state index contributed by atoms with van der Waals surface area (Å²) >= 11 is 0. The molecule has 1 aromatic rings. The maximum atomic E-state index is 13.1. The first-order valence-electron chi connectivity index (χ1n) is 27.7. The third-order valence-corrected chi connectivity index (χ3v) is 13.3. The number of hydrogen-bond acceptors (Lipinski definition) is 9. The van der Waals surface area contributed by atoms with Crippen molar-refractivity contribution < 1.29 is 58.3 Å². The summed E-state index contributed by atoms with van der Waals surface area (Å²) in [6, 6.07) is 4.78. The zero-order chi connectivity index (χ0) is 50.7. The lowest BCUT2D eigenvalue weighted by Crippen LogP contribution is -2.26. The second-order valence-electron chi connectivity index (χ2n) is 19.6. The van der Waals surface area contributed by atoms with Gasteiger partial charge in [0.1, 0.15) is 19.8 Å². The highest BCUT2D eigenvalue weighted by atomic mass is 16.5. The Hall–Kier alpha value is -3.96. The molecular weight excluding hydrogens is 877 g/mol. The molecule has 0 aromatic heterocycles. The quantitative estimate of drug-likeness (QED) is 0.0243.